The minimum absolute atomic E-state index is 0.297. The molecule has 1 aromatic carbocycles. The van der Waals surface area contributed by atoms with E-state index in [1.54, 1.807) is 16.8 Å². The van der Waals surface area contributed by atoms with E-state index in [0.29, 0.717) is 11.8 Å². The molecular formula is C14H19N3O. The van der Waals surface area contributed by atoms with Crippen LogP contribution in [0.3, 0.4) is 0 Å². The van der Waals surface area contributed by atoms with Crippen molar-refractivity contribution in [1.29, 1.82) is 0 Å². The molecule has 0 aliphatic rings. The lowest BCUT2D eigenvalue weighted by molar-refractivity contribution is 0.473. The second-order valence-electron chi connectivity index (χ2n) is 4.46. The fraction of sp³-hybridized carbons (Fsp3) is 0.357. The number of aromatic hydroxyl groups is 1. The van der Waals surface area contributed by atoms with E-state index >= 15 is 0 Å². The molecule has 18 heavy (non-hydrogen) atoms. The highest BCUT2D eigenvalue weighted by atomic mass is 16.3. The van der Waals surface area contributed by atoms with Gasteiger partial charge in [0.25, 0.3) is 0 Å². The van der Waals surface area contributed by atoms with Gasteiger partial charge < -0.3 is 10.4 Å². The first-order chi connectivity index (χ1) is 8.69. The fourth-order valence-corrected chi connectivity index (χ4v) is 2.01. The maximum absolute atomic E-state index is 9.29. The van der Waals surface area contributed by atoms with Crippen LogP contribution in [-0.4, -0.2) is 14.9 Å². The molecule has 2 rings (SSSR count). The van der Waals surface area contributed by atoms with Crippen LogP contribution >= 0.6 is 0 Å². The summed E-state index contributed by atoms with van der Waals surface area (Å²) in [7, 11) is 1.92. The predicted molar refractivity (Wildman–Crippen MR) is 71.2 cm³/mol. The average Bonchev–Trinajstić information content (AvgIpc) is 2.78. The van der Waals surface area contributed by atoms with Crippen molar-refractivity contribution in [2.45, 2.75) is 25.9 Å². The monoisotopic (exact) mass is 245 g/mol. The van der Waals surface area contributed by atoms with Crippen LogP contribution in [0.15, 0.2) is 36.7 Å². The van der Waals surface area contributed by atoms with Crippen molar-refractivity contribution < 1.29 is 5.11 Å². The molecular weight excluding hydrogens is 226 g/mol. The van der Waals surface area contributed by atoms with Gasteiger partial charge in [-0.05, 0) is 24.1 Å². The molecule has 0 fully saturated rings. The number of aromatic nitrogens is 2. The van der Waals surface area contributed by atoms with Crippen LogP contribution < -0.4 is 5.32 Å². The van der Waals surface area contributed by atoms with Gasteiger partial charge in [-0.2, -0.15) is 5.10 Å². The van der Waals surface area contributed by atoms with Crippen LogP contribution in [0.2, 0.25) is 0 Å². The molecule has 1 aromatic heterocycles. The van der Waals surface area contributed by atoms with Crippen molar-refractivity contribution in [2.75, 3.05) is 0 Å². The predicted octanol–water partition coefficient (Wildman–Crippen LogP) is 2.37. The number of rotatable bonds is 5. The summed E-state index contributed by atoms with van der Waals surface area (Å²) in [4.78, 5) is 0. The van der Waals surface area contributed by atoms with Crippen molar-refractivity contribution in [1.82, 2.24) is 15.1 Å². The number of benzene rings is 1. The second-order valence-corrected chi connectivity index (χ2v) is 4.46. The average molecular weight is 245 g/mol. The molecule has 96 valence electrons. The van der Waals surface area contributed by atoms with Crippen molar-refractivity contribution in [3.05, 3.63) is 47.8 Å². The number of nitrogens with one attached hydrogen (secondary N) is 1. The summed E-state index contributed by atoms with van der Waals surface area (Å²) in [5, 5.41) is 16.9. The van der Waals surface area contributed by atoms with Gasteiger partial charge in [-0.25, -0.2) is 0 Å². The summed E-state index contributed by atoms with van der Waals surface area (Å²) >= 11 is 0. The molecule has 1 atom stereocenters. The molecule has 0 radical (unpaired) electrons. The Morgan fingerprint density at radius 1 is 1.33 bits per heavy atom. The van der Waals surface area contributed by atoms with Gasteiger partial charge in [-0.1, -0.05) is 19.1 Å². The highest BCUT2D eigenvalue weighted by molar-refractivity contribution is 5.28. The van der Waals surface area contributed by atoms with E-state index in [-0.39, 0.29) is 0 Å². The Morgan fingerprint density at radius 3 is 2.61 bits per heavy atom. The number of phenols is 1. The molecule has 0 aliphatic carbocycles. The third kappa shape index (κ3) is 3.11. The topological polar surface area (TPSA) is 50.1 Å². The summed E-state index contributed by atoms with van der Waals surface area (Å²) in [5.41, 5.74) is 2.37. The van der Waals surface area contributed by atoms with Crippen molar-refractivity contribution in [3.8, 4) is 5.75 Å². The Hall–Kier alpha value is -1.81. The van der Waals surface area contributed by atoms with Crippen LogP contribution in [-0.2, 0) is 13.6 Å². The van der Waals surface area contributed by atoms with E-state index in [0.717, 1.165) is 13.0 Å². The minimum Gasteiger partial charge on any atom is -0.508 e. The van der Waals surface area contributed by atoms with Crippen molar-refractivity contribution >= 4 is 0 Å². The molecule has 0 spiro atoms. The smallest absolute Gasteiger partial charge is 0.115 e. The number of phenolic OH excluding ortho intramolecular Hbond substituents is 1. The van der Waals surface area contributed by atoms with Gasteiger partial charge in [0.2, 0.25) is 0 Å². The van der Waals surface area contributed by atoms with Crippen LogP contribution in [0.4, 0.5) is 0 Å². The van der Waals surface area contributed by atoms with Gasteiger partial charge in [-0.3, -0.25) is 4.68 Å². The summed E-state index contributed by atoms with van der Waals surface area (Å²) in [6.45, 7) is 2.95. The maximum atomic E-state index is 9.29. The lowest BCUT2D eigenvalue weighted by Crippen LogP contribution is -2.19. The zero-order valence-electron chi connectivity index (χ0n) is 10.8. The summed E-state index contributed by atoms with van der Waals surface area (Å²) < 4.78 is 1.80. The first-order valence-corrected chi connectivity index (χ1v) is 6.19. The highest BCUT2D eigenvalue weighted by Crippen LogP contribution is 2.19. The zero-order valence-corrected chi connectivity index (χ0v) is 10.8. The normalized spacial score (nSPS) is 12.6. The first-order valence-electron chi connectivity index (χ1n) is 6.19. The maximum Gasteiger partial charge on any atom is 0.115 e. The minimum atomic E-state index is 0.297. The van der Waals surface area contributed by atoms with Crippen LogP contribution in [0.25, 0.3) is 0 Å². The van der Waals surface area contributed by atoms with Gasteiger partial charge in [0.15, 0.2) is 0 Å². The van der Waals surface area contributed by atoms with E-state index in [9.17, 15) is 5.11 Å². The van der Waals surface area contributed by atoms with E-state index in [1.807, 2.05) is 31.6 Å². The van der Waals surface area contributed by atoms with Crippen molar-refractivity contribution in [2.24, 2.45) is 7.05 Å². The largest absolute Gasteiger partial charge is 0.508 e. The molecule has 0 aliphatic heterocycles. The quantitative estimate of drug-likeness (QED) is 0.850. The van der Waals surface area contributed by atoms with E-state index in [1.165, 1.54) is 11.1 Å². The third-order valence-electron chi connectivity index (χ3n) is 3.01. The summed E-state index contributed by atoms with van der Waals surface area (Å²) in [6.07, 6.45) is 4.89. The lowest BCUT2D eigenvalue weighted by Gasteiger charge is -2.17. The summed E-state index contributed by atoms with van der Waals surface area (Å²) in [6, 6.07) is 7.67. The van der Waals surface area contributed by atoms with E-state index < -0.39 is 0 Å². The van der Waals surface area contributed by atoms with Crippen molar-refractivity contribution in [3.63, 3.8) is 0 Å². The molecule has 4 heteroatoms. The highest BCUT2D eigenvalue weighted by Gasteiger charge is 2.08. The van der Waals surface area contributed by atoms with Crippen LogP contribution in [0.1, 0.15) is 30.5 Å². The molecule has 4 nitrogen and oxygen atoms in total. The van der Waals surface area contributed by atoms with Gasteiger partial charge >= 0.3 is 0 Å². The van der Waals surface area contributed by atoms with Gasteiger partial charge in [-0.15, -0.1) is 0 Å². The molecule has 0 amide bonds. The summed E-state index contributed by atoms with van der Waals surface area (Å²) in [5.74, 6) is 0.306. The Balaban J connectivity index is 1.99. The number of nitrogens with zero attached hydrogens (tertiary/aromatic N) is 2. The fourth-order valence-electron chi connectivity index (χ4n) is 2.01. The number of hydrogen-bond acceptors (Lipinski definition) is 3. The Labute approximate surface area is 107 Å². The first kappa shape index (κ1) is 12.6. The van der Waals surface area contributed by atoms with Gasteiger partial charge in [0.1, 0.15) is 5.75 Å². The SMILES string of the molecule is CCC(NCc1cnn(C)c1)c1ccc(O)cc1. The van der Waals surface area contributed by atoms with Crippen LogP contribution in [0.5, 0.6) is 5.75 Å². The molecule has 1 unspecified atom stereocenters. The molecule has 1 heterocycles. The number of hydrogen-bond donors (Lipinski definition) is 2. The standard InChI is InChI=1S/C14H19N3O/c1-3-14(12-4-6-13(18)7-5-12)15-8-11-9-16-17(2)10-11/h4-7,9-10,14-15,18H,3,8H2,1-2H3. The third-order valence-corrected chi connectivity index (χ3v) is 3.01. The van der Waals surface area contributed by atoms with Gasteiger partial charge in [0.05, 0.1) is 6.20 Å². The van der Waals surface area contributed by atoms with Gasteiger partial charge in [0, 0.05) is 31.4 Å². The molecule has 0 saturated carbocycles. The Bertz CT molecular complexity index is 490. The second kappa shape index (κ2) is 5.69. The molecule has 0 bridgehead atoms. The molecule has 2 N–H and O–H groups in total. The lowest BCUT2D eigenvalue weighted by atomic mass is 10.0. The van der Waals surface area contributed by atoms with E-state index in [4.69, 9.17) is 0 Å². The zero-order chi connectivity index (χ0) is 13.0. The Morgan fingerprint density at radius 2 is 2.06 bits per heavy atom. The molecule has 2 aromatic rings. The van der Waals surface area contributed by atoms with E-state index in [2.05, 4.69) is 17.3 Å². The Kier molecular flexibility index (Phi) is 3.99. The molecule has 0 saturated heterocycles. The van der Waals surface area contributed by atoms with Crippen LogP contribution in [0, 0.1) is 0 Å². The number of aryl methyl sites for hydroxylation is 1.